The Morgan fingerprint density at radius 2 is 1.75 bits per heavy atom. The summed E-state index contributed by atoms with van der Waals surface area (Å²) < 4.78 is 0.970. The Labute approximate surface area is 145 Å². The summed E-state index contributed by atoms with van der Waals surface area (Å²) in [6.07, 6.45) is 0.0885. The second-order valence-corrected chi connectivity index (χ2v) is 5.83. The van der Waals surface area contributed by atoms with E-state index in [1.165, 1.54) is 12.1 Å². The molecule has 3 rings (SSSR count). The van der Waals surface area contributed by atoms with E-state index in [-0.39, 0.29) is 39.1 Å². The molecular weight excluding hydrogens is 355 g/mol. The highest BCUT2D eigenvalue weighted by Gasteiger charge is 2.32. The molecule has 1 aromatic heterocycles. The van der Waals surface area contributed by atoms with Crippen molar-refractivity contribution in [1.29, 1.82) is 5.26 Å². The van der Waals surface area contributed by atoms with Gasteiger partial charge in [0.2, 0.25) is 0 Å². The number of fused-ring (bicyclic) bond motifs is 1. The largest absolute Gasteiger partial charge is 0.384 e. The first kappa shape index (κ1) is 16.1. The molecule has 0 atom stereocenters. The van der Waals surface area contributed by atoms with E-state index < -0.39 is 17.4 Å². The van der Waals surface area contributed by atoms with Gasteiger partial charge in [0, 0.05) is 6.07 Å². The van der Waals surface area contributed by atoms with Gasteiger partial charge in [-0.1, -0.05) is 23.2 Å². The number of imide groups is 1. The fraction of sp³-hybridized carbons (Fsp3) is 0.0667. The SMILES string of the molecule is N#CCc1cc(Cl)c(-n2c(N)c3c(cc2=O)C(=O)NC3=O)c(Cl)c1. The van der Waals surface area contributed by atoms with Crippen molar-refractivity contribution in [3.63, 3.8) is 0 Å². The van der Waals surface area contributed by atoms with Crippen LogP contribution in [0.4, 0.5) is 5.82 Å². The molecule has 0 fully saturated rings. The van der Waals surface area contributed by atoms with Gasteiger partial charge in [0.1, 0.15) is 5.82 Å². The highest BCUT2D eigenvalue weighted by atomic mass is 35.5. The Bertz CT molecular complexity index is 998. The second-order valence-electron chi connectivity index (χ2n) is 5.02. The van der Waals surface area contributed by atoms with E-state index in [2.05, 4.69) is 5.32 Å². The van der Waals surface area contributed by atoms with Crippen LogP contribution in [0.2, 0.25) is 10.0 Å². The zero-order valence-electron chi connectivity index (χ0n) is 11.9. The molecule has 2 amide bonds. The number of nitrogens with zero attached hydrogens (tertiary/aromatic N) is 2. The molecule has 0 saturated carbocycles. The van der Waals surface area contributed by atoms with Crippen molar-refractivity contribution in [1.82, 2.24) is 9.88 Å². The summed E-state index contributed by atoms with van der Waals surface area (Å²) in [5.41, 5.74) is 5.73. The third-order valence-corrected chi connectivity index (χ3v) is 4.11. The number of nitrogens with one attached hydrogen (secondary N) is 1. The summed E-state index contributed by atoms with van der Waals surface area (Å²) in [5.74, 6) is -1.63. The number of pyridine rings is 1. The van der Waals surface area contributed by atoms with E-state index in [1.54, 1.807) is 0 Å². The van der Waals surface area contributed by atoms with Gasteiger partial charge in [0.05, 0.1) is 39.3 Å². The molecule has 0 bridgehead atoms. The number of hydrogen-bond donors (Lipinski definition) is 2. The molecule has 3 N–H and O–H groups in total. The number of rotatable bonds is 2. The van der Waals surface area contributed by atoms with E-state index in [4.69, 9.17) is 34.2 Å². The molecule has 1 aliphatic heterocycles. The lowest BCUT2D eigenvalue weighted by atomic mass is 10.1. The van der Waals surface area contributed by atoms with Gasteiger partial charge in [-0.3, -0.25) is 24.3 Å². The maximum absolute atomic E-state index is 12.4. The van der Waals surface area contributed by atoms with Crippen molar-refractivity contribution in [2.75, 3.05) is 5.73 Å². The van der Waals surface area contributed by atoms with Crippen LogP contribution < -0.4 is 16.6 Å². The predicted molar refractivity (Wildman–Crippen MR) is 87.6 cm³/mol. The molecule has 7 nitrogen and oxygen atoms in total. The minimum atomic E-state index is -0.699. The molecule has 1 aromatic carbocycles. The Morgan fingerprint density at radius 1 is 1.12 bits per heavy atom. The maximum atomic E-state index is 12.4. The van der Waals surface area contributed by atoms with Crippen LogP contribution >= 0.6 is 23.2 Å². The molecule has 24 heavy (non-hydrogen) atoms. The van der Waals surface area contributed by atoms with Gasteiger partial charge < -0.3 is 5.73 Å². The van der Waals surface area contributed by atoms with Crippen molar-refractivity contribution >= 4 is 40.8 Å². The molecule has 0 radical (unpaired) electrons. The molecule has 0 aliphatic carbocycles. The number of aromatic nitrogens is 1. The zero-order chi connectivity index (χ0) is 17.6. The molecule has 2 aromatic rings. The predicted octanol–water partition coefficient (Wildman–Crippen LogP) is 1.68. The summed E-state index contributed by atoms with van der Waals surface area (Å²) in [7, 11) is 0. The third kappa shape index (κ3) is 2.33. The van der Waals surface area contributed by atoms with E-state index in [0.717, 1.165) is 10.6 Å². The summed E-state index contributed by atoms with van der Waals surface area (Å²) in [4.78, 5) is 35.9. The number of carbonyl (C=O) groups excluding carboxylic acids is 2. The summed E-state index contributed by atoms with van der Waals surface area (Å²) in [5, 5.41) is 11.0. The number of anilines is 1. The van der Waals surface area contributed by atoms with Gasteiger partial charge in [-0.2, -0.15) is 5.26 Å². The lowest BCUT2D eigenvalue weighted by molar-refractivity contribution is 0.0880. The van der Waals surface area contributed by atoms with Crippen molar-refractivity contribution in [3.8, 4) is 11.8 Å². The normalized spacial score (nSPS) is 12.7. The molecular formula is C15H8Cl2N4O3. The molecule has 9 heteroatoms. The minimum absolute atomic E-state index is 0.0810. The van der Waals surface area contributed by atoms with Crippen LogP contribution in [-0.2, 0) is 6.42 Å². The average Bonchev–Trinajstić information content (AvgIpc) is 2.76. The van der Waals surface area contributed by atoms with Gasteiger partial charge in [0.25, 0.3) is 17.4 Å². The lowest BCUT2D eigenvalue weighted by Gasteiger charge is -2.15. The molecule has 2 heterocycles. The monoisotopic (exact) mass is 362 g/mol. The van der Waals surface area contributed by atoms with Crippen LogP contribution in [0.5, 0.6) is 0 Å². The Morgan fingerprint density at radius 3 is 2.33 bits per heavy atom. The number of halogens is 2. The van der Waals surface area contributed by atoms with E-state index >= 15 is 0 Å². The standard InChI is InChI=1S/C15H8Cl2N4O3/c16-8-3-6(1-2-18)4-9(17)12(8)21-10(22)5-7-11(13(21)19)15(24)20-14(7)23/h3-5H,1,19H2,(H,20,23,24). The van der Waals surface area contributed by atoms with Gasteiger partial charge in [-0.25, -0.2) is 0 Å². The van der Waals surface area contributed by atoms with Crippen LogP contribution in [0.3, 0.4) is 0 Å². The first-order chi connectivity index (χ1) is 11.3. The van der Waals surface area contributed by atoms with E-state index in [1.807, 2.05) is 6.07 Å². The second kappa shape index (κ2) is 5.67. The van der Waals surface area contributed by atoms with Crippen molar-refractivity contribution in [3.05, 3.63) is 55.3 Å². The van der Waals surface area contributed by atoms with Crippen molar-refractivity contribution < 1.29 is 9.59 Å². The minimum Gasteiger partial charge on any atom is -0.384 e. The fourth-order valence-electron chi connectivity index (χ4n) is 2.53. The van der Waals surface area contributed by atoms with Crippen LogP contribution in [0.1, 0.15) is 26.3 Å². The fourth-order valence-corrected chi connectivity index (χ4v) is 3.24. The molecule has 120 valence electrons. The Kier molecular flexibility index (Phi) is 3.79. The summed E-state index contributed by atoms with van der Waals surface area (Å²) >= 11 is 12.4. The van der Waals surface area contributed by atoms with Crippen LogP contribution in [0, 0.1) is 11.3 Å². The molecule has 0 unspecified atom stereocenters. The quantitative estimate of drug-likeness (QED) is 0.787. The number of benzene rings is 1. The Balaban J connectivity index is 2.32. The van der Waals surface area contributed by atoms with Gasteiger partial charge >= 0.3 is 0 Å². The van der Waals surface area contributed by atoms with Crippen LogP contribution in [-0.4, -0.2) is 16.4 Å². The third-order valence-electron chi connectivity index (χ3n) is 3.54. The van der Waals surface area contributed by atoms with Crippen LogP contribution in [0.25, 0.3) is 5.69 Å². The first-order valence-corrected chi connectivity index (χ1v) is 7.37. The topological polar surface area (TPSA) is 118 Å². The molecule has 0 spiro atoms. The van der Waals surface area contributed by atoms with Gasteiger partial charge in [-0.15, -0.1) is 0 Å². The molecule has 0 saturated heterocycles. The van der Waals surface area contributed by atoms with E-state index in [9.17, 15) is 14.4 Å². The Hall–Kier alpha value is -2.82. The number of nitriles is 1. The maximum Gasteiger partial charge on any atom is 0.262 e. The van der Waals surface area contributed by atoms with Crippen LogP contribution in [0.15, 0.2) is 23.0 Å². The number of hydrogen-bond acceptors (Lipinski definition) is 5. The summed E-state index contributed by atoms with van der Waals surface area (Å²) in [6, 6.07) is 5.93. The zero-order valence-corrected chi connectivity index (χ0v) is 13.4. The van der Waals surface area contributed by atoms with Crippen molar-refractivity contribution in [2.45, 2.75) is 6.42 Å². The smallest absolute Gasteiger partial charge is 0.262 e. The highest BCUT2D eigenvalue weighted by molar-refractivity contribution is 6.38. The van der Waals surface area contributed by atoms with Gasteiger partial charge in [-0.05, 0) is 17.7 Å². The van der Waals surface area contributed by atoms with Crippen molar-refractivity contribution in [2.24, 2.45) is 0 Å². The van der Waals surface area contributed by atoms with E-state index in [0.29, 0.717) is 5.56 Å². The lowest BCUT2D eigenvalue weighted by Crippen LogP contribution is -2.24. The first-order valence-electron chi connectivity index (χ1n) is 6.61. The number of carbonyl (C=O) groups is 2. The summed E-state index contributed by atoms with van der Waals surface area (Å²) in [6.45, 7) is 0. The molecule has 1 aliphatic rings. The number of amides is 2. The highest BCUT2D eigenvalue weighted by Crippen LogP contribution is 2.33. The van der Waals surface area contributed by atoms with Gasteiger partial charge in [0.15, 0.2) is 0 Å². The average molecular weight is 363 g/mol. The number of nitrogen functional groups attached to an aromatic ring is 1. The number of nitrogens with two attached hydrogens (primary N) is 1.